The third-order valence-corrected chi connectivity index (χ3v) is 7.55. The van der Waals surface area contributed by atoms with Crippen molar-refractivity contribution in [2.24, 2.45) is 0 Å². The van der Waals surface area contributed by atoms with Gasteiger partial charge in [-0.25, -0.2) is 4.98 Å². The molecule has 5 heteroatoms. The second-order valence-electron chi connectivity index (χ2n) is 8.77. The quantitative estimate of drug-likeness (QED) is 0.187. The van der Waals surface area contributed by atoms with Gasteiger partial charge in [-0.2, -0.15) is 0 Å². The Morgan fingerprint density at radius 3 is 2.32 bits per heavy atom. The molecule has 0 aliphatic rings. The van der Waals surface area contributed by atoms with Crippen LogP contribution in [0.2, 0.25) is 0 Å². The Labute approximate surface area is 234 Å². The molecule has 0 radical (unpaired) electrons. The summed E-state index contributed by atoms with van der Waals surface area (Å²) >= 11 is 1.58. The van der Waals surface area contributed by atoms with Gasteiger partial charge in [0.25, 0.3) is 0 Å². The minimum atomic E-state index is 0. The average molecular weight is 679 g/mol. The number of para-hydroxylation sites is 2. The molecule has 2 aromatic heterocycles. The second-order valence-corrected chi connectivity index (χ2v) is 9.80. The van der Waals surface area contributed by atoms with Crippen molar-refractivity contribution < 1.29 is 26.2 Å². The fourth-order valence-corrected chi connectivity index (χ4v) is 5.54. The van der Waals surface area contributed by atoms with Crippen LogP contribution in [0.25, 0.3) is 43.2 Å². The van der Waals surface area contributed by atoms with Crippen LogP contribution in [0.5, 0.6) is 5.75 Å². The summed E-state index contributed by atoms with van der Waals surface area (Å²) in [6, 6.07) is 38.0. The summed E-state index contributed by atoms with van der Waals surface area (Å²) in [5.41, 5.74) is 7.99. The zero-order chi connectivity index (χ0) is 24.5. The monoisotopic (exact) mass is 678 g/mol. The largest absolute Gasteiger partial charge is 0.507 e. The molecular formula is C32H23N2OPtS-. The van der Waals surface area contributed by atoms with Crippen molar-refractivity contribution in [1.82, 2.24) is 9.97 Å². The van der Waals surface area contributed by atoms with E-state index in [0.29, 0.717) is 0 Å². The number of fused-ring (bicyclic) bond motifs is 1. The van der Waals surface area contributed by atoms with Gasteiger partial charge in [0.2, 0.25) is 0 Å². The maximum Gasteiger partial charge on any atom is 0.127 e. The predicted octanol–water partition coefficient (Wildman–Crippen LogP) is 8.35. The predicted molar refractivity (Wildman–Crippen MR) is 148 cm³/mol. The molecule has 0 amide bonds. The van der Waals surface area contributed by atoms with Crippen LogP contribution in [0.1, 0.15) is 24.0 Å². The van der Waals surface area contributed by atoms with E-state index in [2.05, 4.69) is 78.6 Å². The average Bonchev–Trinajstić information content (AvgIpc) is 3.38. The molecule has 1 unspecified atom stereocenters. The molecule has 0 saturated carbocycles. The molecular weight excluding hydrogens is 656 g/mol. The number of hydrogen-bond acceptors (Lipinski definition) is 4. The number of rotatable bonds is 5. The molecule has 3 nitrogen and oxygen atoms in total. The molecule has 0 saturated heterocycles. The Kier molecular flexibility index (Phi) is 7.32. The Hall–Kier alpha value is -3.59. The molecule has 1 N–H and O–H groups in total. The van der Waals surface area contributed by atoms with Crippen LogP contribution < -0.4 is 0 Å². The van der Waals surface area contributed by atoms with Crippen molar-refractivity contribution in [2.75, 3.05) is 0 Å². The summed E-state index contributed by atoms with van der Waals surface area (Å²) in [7, 11) is 0. The topological polar surface area (TPSA) is 46.0 Å². The van der Waals surface area contributed by atoms with Crippen molar-refractivity contribution in [1.29, 1.82) is 0 Å². The molecule has 0 fully saturated rings. The summed E-state index contributed by atoms with van der Waals surface area (Å²) in [5, 5.41) is 11.1. The van der Waals surface area contributed by atoms with E-state index in [9.17, 15) is 5.11 Å². The van der Waals surface area contributed by atoms with Crippen LogP contribution in [0, 0.1) is 6.07 Å². The number of thiazole rings is 1. The first-order valence-electron chi connectivity index (χ1n) is 11.9. The molecule has 37 heavy (non-hydrogen) atoms. The zero-order valence-corrected chi connectivity index (χ0v) is 23.1. The van der Waals surface area contributed by atoms with E-state index in [1.54, 1.807) is 17.4 Å². The molecule has 0 aliphatic carbocycles. The number of aromatic hydroxyl groups is 1. The third kappa shape index (κ3) is 5.00. The number of hydrogen-bond donors (Lipinski definition) is 1. The van der Waals surface area contributed by atoms with Gasteiger partial charge >= 0.3 is 0 Å². The third-order valence-electron chi connectivity index (χ3n) is 6.50. The minimum Gasteiger partial charge on any atom is -0.507 e. The first-order valence-corrected chi connectivity index (χ1v) is 12.7. The van der Waals surface area contributed by atoms with Crippen LogP contribution in [0.4, 0.5) is 0 Å². The van der Waals surface area contributed by atoms with Gasteiger partial charge in [0.1, 0.15) is 10.8 Å². The van der Waals surface area contributed by atoms with Crippen molar-refractivity contribution in [3.8, 4) is 38.7 Å². The van der Waals surface area contributed by atoms with Gasteiger partial charge in [-0.3, -0.25) is 4.98 Å². The van der Waals surface area contributed by atoms with Gasteiger partial charge in [0.15, 0.2) is 0 Å². The summed E-state index contributed by atoms with van der Waals surface area (Å²) in [6.45, 7) is 2.22. The normalized spacial score (nSPS) is 11.7. The van der Waals surface area contributed by atoms with Gasteiger partial charge in [0.05, 0.1) is 11.1 Å². The smallest absolute Gasteiger partial charge is 0.127 e. The number of aromatic nitrogens is 2. The first-order chi connectivity index (χ1) is 17.7. The number of pyridine rings is 1. The van der Waals surface area contributed by atoms with Gasteiger partial charge in [0, 0.05) is 43.6 Å². The second kappa shape index (κ2) is 10.8. The standard InChI is InChI=1S/C32H23N2OS.Pt/c1-21(22-9-3-2-4-10-22)23-17-18-33-28(20-23)25-12-7-11-24(19-25)26-14-8-16-30-31(26)34-32(36-30)27-13-5-6-15-29(27)35;/h2-18,20-21,35H,1H3;/q-1;. The van der Waals surface area contributed by atoms with Crippen molar-refractivity contribution >= 4 is 21.6 Å². The van der Waals surface area contributed by atoms with Crippen LogP contribution >= 0.6 is 11.3 Å². The SMILES string of the molecule is CC(c1ccccc1)c1ccnc(-c2[c-]c(-c3cccc4sc(-c5ccccc5O)nc34)ccc2)c1.[Pt]. The fraction of sp³-hybridized carbons (Fsp3) is 0.0625. The zero-order valence-electron chi connectivity index (χ0n) is 20.0. The molecule has 1 atom stereocenters. The van der Waals surface area contributed by atoms with E-state index in [0.717, 1.165) is 43.2 Å². The van der Waals surface area contributed by atoms with Crippen LogP contribution in [0.3, 0.4) is 0 Å². The Bertz CT molecular complexity index is 1680. The van der Waals surface area contributed by atoms with E-state index < -0.39 is 0 Å². The summed E-state index contributed by atoms with van der Waals surface area (Å²) in [4.78, 5) is 9.58. The van der Waals surface area contributed by atoms with E-state index in [-0.39, 0.29) is 32.7 Å². The Balaban J connectivity index is 0.00000280. The van der Waals surface area contributed by atoms with Gasteiger partial charge in [-0.05, 0) is 35.4 Å². The number of phenols is 1. The van der Waals surface area contributed by atoms with Crippen LogP contribution in [-0.4, -0.2) is 15.1 Å². The van der Waals surface area contributed by atoms with Crippen LogP contribution in [0.15, 0.2) is 109 Å². The van der Waals surface area contributed by atoms with Gasteiger partial charge < -0.3 is 5.11 Å². The first kappa shape index (κ1) is 25.1. The molecule has 0 aliphatic heterocycles. The fourth-order valence-electron chi connectivity index (χ4n) is 4.51. The molecule has 0 bridgehead atoms. The molecule has 0 spiro atoms. The van der Waals surface area contributed by atoms with E-state index >= 15 is 0 Å². The minimum absolute atomic E-state index is 0. The maximum absolute atomic E-state index is 10.3. The molecule has 6 rings (SSSR count). The van der Waals surface area contributed by atoms with Crippen molar-refractivity contribution in [2.45, 2.75) is 12.8 Å². The Morgan fingerprint density at radius 2 is 1.49 bits per heavy atom. The number of phenolic OH excluding ortho intramolecular Hbond substituents is 1. The summed E-state index contributed by atoms with van der Waals surface area (Å²) < 4.78 is 1.07. The molecule has 4 aromatic carbocycles. The van der Waals surface area contributed by atoms with Crippen molar-refractivity contribution in [3.63, 3.8) is 0 Å². The molecule has 184 valence electrons. The summed E-state index contributed by atoms with van der Waals surface area (Å²) in [5.74, 6) is 0.509. The number of benzene rings is 4. The molecule has 6 aromatic rings. The van der Waals surface area contributed by atoms with Crippen LogP contribution in [-0.2, 0) is 21.1 Å². The van der Waals surface area contributed by atoms with E-state index in [1.165, 1.54) is 11.1 Å². The number of nitrogens with zero attached hydrogens (tertiary/aromatic N) is 2. The van der Waals surface area contributed by atoms with E-state index in [4.69, 9.17) is 4.98 Å². The van der Waals surface area contributed by atoms with Gasteiger partial charge in [-0.15, -0.1) is 41.2 Å². The van der Waals surface area contributed by atoms with Crippen molar-refractivity contribution in [3.05, 3.63) is 127 Å². The molecule has 2 heterocycles. The Morgan fingerprint density at radius 1 is 0.757 bits per heavy atom. The maximum atomic E-state index is 10.3. The van der Waals surface area contributed by atoms with Gasteiger partial charge in [-0.1, -0.05) is 78.7 Å². The summed E-state index contributed by atoms with van der Waals surface area (Å²) in [6.07, 6.45) is 1.88. The van der Waals surface area contributed by atoms with E-state index in [1.807, 2.05) is 42.6 Å².